The van der Waals surface area contributed by atoms with Crippen molar-refractivity contribution in [2.45, 2.75) is 56.7 Å². The second-order valence-corrected chi connectivity index (χ2v) is 10.4. The third-order valence-electron chi connectivity index (χ3n) is 7.71. The Morgan fingerprint density at radius 3 is 2.85 bits per heavy atom. The normalized spacial score (nSPS) is 24.3. The molecule has 0 aliphatic carbocycles. The predicted octanol–water partition coefficient (Wildman–Crippen LogP) is 3.05. The number of carbonyl (C=O) groups is 2. The van der Waals surface area contributed by atoms with E-state index in [9.17, 15) is 22.8 Å². The molecular formula is C28H33F3N4O4. The van der Waals surface area contributed by atoms with Crippen LogP contribution in [-0.4, -0.2) is 84.2 Å². The Bertz CT molecular complexity index is 1160. The summed E-state index contributed by atoms with van der Waals surface area (Å²) in [5.74, 6) is -0.918. The van der Waals surface area contributed by atoms with Crippen molar-refractivity contribution in [3.8, 4) is 0 Å². The van der Waals surface area contributed by atoms with Gasteiger partial charge in [0, 0.05) is 56.8 Å². The molecule has 1 N–H and O–H groups in total. The van der Waals surface area contributed by atoms with Crippen LogP contribution in [0.15, 0.2) is 42.7 Å². The molecule has 3 aliphatic rings. The van der Waals surface area contributed by atoms with E-state index < -0.39 is 17.6 Å². The third kappa shape index (κ3) is 6.77. The van der Waals surface area contributed by atoms with Crippen molar-refractivity contribution in [3.05, 3.63) is 65.0 Å². The topological polar surface area (TPSA) is 84.0 Å². The van der Waals surface area contributed by atoms with Gasteiger partial charge in [0.15, 0.2) is 0 Å². The van der Waals surface area contributed by atoms with Crippen LogP contribution in [0.2, 0.25) is 0 Å². The van der Waals surface area contributed by atoms with Crippen molar-refractivity contribution in [2.75, 3.05) is 39.4 Å². The summed E-state index contributed by atoms with van der Waals surface area (Å²) in [4.78, 5) is 33.9. The maximum Gasteiger partial charge on any atom is 0.416 e. The van der Waals surface area contributed by atoms with E-state index in [1.807, 2.05) is 12.1 Å². The van der Waals surface area contributed by atoms with Crippen molar-refractivity contribution in [3.63, 3.8) is 0 Å². The largest absolute Gasteiger partial charge is 0.416 e. The first-order valence-electron chi connectivity index (χ1n) is 13.4. The van der Waals surface area contributed by atoms with E-state index in [1.54, 1.807) is 12.4 Å². The zero-order chi connectivity index (χ0) is 27.4. The number of hydrogen-bond donors (Lipinski definition) is 1. The average Bonchev–Trinajstić information content (AvgIpc) is 3.11. The molecular weight excluding hydrogens is 513 g/mol. The Morgan fingerprint density at radius 2 is 2.05 bits per heavy atom. The van der Waals surface area contributed by atoms with Gasteiger partial charge in [-0.15, -0.1) is 0 Å². The van der Waals surface area contributed by atoms with Crippen LogP contribution in [0, 0.1) is 0 Å². The monoisotopic (exact) mass is 546 g/mol. The molecule has 8 nitrogen and oxygen atoms in total. The van der Waals surface area contributed by atoms with Crippen LogP contribution in [0.4, 0.5) is 13.2 Å². The number of aromatic nitrogens is 1. The van der Waals surface area contributed by atoms with Crippen molar-refractivity contribution >= 4 is 11.8 Å². The van der Waals surface area contributed by atoms with Crippen LogP contribution in [-0.2, 0) is 33.5 Å². The number of benzene rings is 1. The minimum absolute atomic E-state index is 0.00387. The number of amides is 2. The van der Waals surface area contributed by atoms with E-state index >= 15 is 0 Å². The summed E-state index contributed by atoms with van der Waals surface area (Å²) < 4.78 is 51.5. The number of rotatable bonds is 7. The Labute approximate surface area is 225 Å². The van der Waals surface area contributed by atoms with Gasteiger partial charge in [-0.25, -0.2) is 0 Å². The second-order valence-electron chi connectivity index (χ2n) is 10.4. The van der Waals surface area contributed by atoms with Crippen LogP contribution in [0.1, 0.15) is 46.3 Å². The van der Waals surface area contributed by atoms with Gasteiger partial charge in [-0.3, -0.25) is 19.5 Å². The molecule has 1 aromatic carbocycles. The molecule has 2 fully saturated rings. The summed E-state index contributed by atoms with van der Waals surface area (Å²) in [6, 6.07) is 7.05. The molecule has 0 saturated carbocycles. The summed E-state index contributed by atoms with van der Waals surface area (Å²) in [6.07, 6.45) is 1.94. The zero-order valence-corrected chi connectivity index (χ0v) is 21.7. The van der Waals surface area contributed by atoms with Crippen molar-refractivity contribution in [1.82, 2.24) is 20.1 Å². The minimum Gasteiger partial charge on any atom is -0.381 e. The van der Waals surface area contributed by atoms with E-state index in [2.05, 4.69) is 15.2 Å². The quantitative estimate of drug-likeness (QED) is 0.575. The Morgan fingerprint density at radius 1 is 1.18 bits per heavy atom. The maximum atomic E-state index is 13.2. The number of nitrogens with one attached hydrogen (secondary N) is 1. The van der Waals surface area contributed by atoms with E-state index in [-0.39, 0.29) is 36.7 Å². The highest BCUT2D eigenvalue weighted by Crippen LogP contribution is 2.32. The molecule has 4 heterocycles. The van der Waals surface area contributed by atoms with E-state index in [1.165, 1.54) is 11.0 Å². The molecule has 210 valence electrons. The first kappa shape index (κ1) is 27.5. The number of fused-ring (bicyclic) bond motifs is 1. The smallest absolute Gasteiger partial charge is 0.381 e. The highest BCUT2D eigenvalue weighted by molar-refractivity contribution is 5.99. The average molecular weight is 547 g/mol. The van der Waals surface area contributed by atoms with Crippen LogP contribution < -0.4 is 5.32 Å². The van der Waals surface area contributed by atoms with Crippen LogP contribution in [0.5, 0.6) is 0 Å². The molecule has 2 saturated heterocycles. The van der Waals surface area contributed by atoms with Crippen LogP contribution in [0.25, 0.3) is 0 Å². The lowest BCUT2D eigenvalue weighted by molar-refractivity contribution is -0.137. The first-order valence-corrected chi connectivity index (χ1v) is 13.4. The third-order valence-corrected chi connectivity index (χ3v) is 7.71. The van der Waals surface area contributed by atoms with Crippen LogP contribution in [0.3, 0.4) is 0 Å². The van der Waals surface area contributed by atoms with Crippen LogP contribution >= 0.6 is 0 Å². The lowest BCUT2D eigenvalue weighted by Crippen LogP contribution is -2.50. The summed E-state index contributed by atoms with van der Waals surface area (Å²) in [5.41, 5.74) is 0.626. The Hall–Kier alpha value is -3.02. The number of likely N-dealkylation sites (tertiary alicyclic amines) is 1. The van der Waals surface area contributed by atoms with Gasteiger partial charge in [0.2, 0.25) is 5.91 Å². The fourth-order valence-electron chi connectivity index (χ4n) is 5.62. The molecule has 0 bridgehead atoms. The summed E-state index contributed by atoms with van der Waals surface area (Å²) >= 11 is 0. The molecule has 2 aromatic rings. The number of hydrogen-bond acceptors (Lipinski definition) is 6. The number of halogens is 3. The molecule has 2 amide bonds. The molecule has 39 heavy (non-hydrogen) atoms. The Balaban J connectivity index is 1.24. The highest BCUT2D eigenvalue weighted by atomic mass is 19.4. The molecule has 11 heteroatoms. The number of nitrogens with zero attached hydrogens (tertiary/aromatic N) is 3. The zero-order valence-electron chi connectivity index (χ0n) is 21.7. The van der Waals surface area contributed by atoms with Gasteiger partial charge in [0.1, 0.15) is 0 Å². The van der Waals surface area contributed by atoms with Crippen molar-refractivity contribution in [2.24, 2.45) is 0 Å². The molecule has 1 aromatic heterocycles. The molecule has 3 atom stereocenters. The minimum atomic E-state index is -4.54. The first-order chi connectivity index (χ1) is 18.8. The van der Waals surface area contributed by atoms with Gasteiger partial charge < -0.3 is 19.7 Å². The van der Waals surface area contributed by atoms with E-state index in [0.717, 1.165) is 43.6 Å². The predicted molar refractivity (Wildman–Crippen MR) is 136 cm³/mol. The van der Waals surface area contributed by atoms with Crippen molar-refractivity contribution < 1.29 is 32.2 Å². The number of carbonyl (C=O) groups excluding carboxylic acids is 2. The van der Waals surface area contributed by atoms with Crippen molar-refractivity contribution in [1.29, 1.82) is 0 Å². The summed E-state index contributed by atoms with van der Waals surface area (Å²) in [6.45, 7) is 3.13. The Kier molecular flexibility index (Phi) is 8.49. The van der Waals surface area contributed by atoms with Gasteiger partial charge in [0.05, 0.1) is 30.9 Å². The standard InChI is InChI=1S/C28H33F3N4O4/c29-28(30,31)21-6-5-20-7-10-34(27(37)23(20)13-21)17-26(36)33-24-15-35(22-4-2-11-38-12-8-22)16-25(24)39-18-19-3-1-9-32-14-19/h1,3,5-6,9,13-14,22,24-25H,2,4,7-8,10-12,15-18H2,(H,33,36)/t22?,24?,25-/m0/s1. The summed E-state index contributed by atoms with van der Waals surface area (Å²) in [7, 11) is 0. The van der Waals surface area contributed by atoms with Gasteiger partial charge in [-0.1, -0.05) is 12.1 Å². The molecule has 2 unspecified atom stereocenters. The lowest BCUT2D eigenvalue weighted by Gasteiger charge is -2.29. The lowest BCUT2D eigenvalue weighted by atomic mass is 9.96. The van der Waals surface area contributed by atoms with E-state index in [0.29, 0.717) is 44.3 Å². The molecule has 5 rings (SSSR count). The van der Waals surface area contributed by atoms with Gasteiger partial charge >= 0.3 is 6.18 Å². The van der Waals surface area contributed by atoms with E-state index in [4.69, 9.17) is 9.47 Å². The SMILES string of the molecule is O=C(CN1CCc2ccc(C(F)(F)F)cc2C1=O)NC1CN(C2CCCOCC2)C[C@@H]1OCc1cccnc1. The maximum absolute atomic E-state index is 13.2. The van der Waals surface area contributed by atoms with Gasteiger partial charge in [-0.05, 0) is 55.0 Å². The second kappa shape index (κ2) is 12.0. The fourth-order valence-corrected chi connectivity index (χ4v) is 5.62. The summed E-state index contributed by atoms with van der Waals surface area (Å²) in [5, 5.41) is 3.05. The number of alkyl halides is 3. The number of pyridine rings is 1. The molecule has 3 aliphatic heterocycles. The van der Waals surface area contributed by atoms with Gasteiger partial charge in [0.25, 0.3) is 5.91 Å². The highest BCUT2D eigenvalue weighted by Gasteiger charge is 2.39. The number of ether oxygens (including phenoxy) is 2. The molecule has 0 spiro atoms. The fraction of sp³-hybridized carbons (Fsp3) is 0.536. The van der Waals surface area contributed by atoms with Gasteiger partial charge in [-0.2, -0.15) is 13.2 Å². The molecule has 0 radical (unpaired) electrons.